The highest BCUT2D eigenvalue weighted by atomic mass is 35.5. The fraction of sp³-hybridized carbons (Fsp3) is 0.600. The number of aliphatic hydroxyl groups excluding tert-OH is 1. The number of aliphatic hydroxyl groups is 1. The Morgan fingerprint density at radius 1 is 1.36 bits per heavy atom. The third-order valence-corrected chi connectivity index (χ3v) is 4.37. The second kappa shape index (κ2) is 7.49. The summed E-state index contributed by atoms with van der Waals surface area (Å²) in [4.78, 5) is 16.3. The van der Waals surface area contributed by atoms with Crippen LogP contribution in [0.25, 0.3) is 0 Å². The predicted molar refractivity (Wildman–Crippen MR) is 87.4 cm³/mol. The monoisotopic (exact) mass is 348 g/mol. The highest BCUT2D eigenvalue weighted by Crippen LogP contribution is 2.26. The first-order valence-corrected chi connectivity index (χ1v) is 7.81. The standard InChI is InChI=1S/C15H22Cl2N2O3/c1-8(2)15(5,10(4)20)19-13(21)9(3)22-14-12(17)6-11(16)7-18-14/h6-10,20H,1-5H3,(H,19,21). The van der Waals surface area contributed by atoms with Crippen molar-refractivity contribution in [3.05, 3.63) is 22.3 Å². The topological polar surface area (TPSA) is 71.5 Å². The van der Waals surface area contributed by atoms with Gasteiger partial charge in [-0.2, -0.15) is 0 Å². The van der Waals surface area contributed by atoms with Crippen molar-refractivity contribution in [2.45, 2.75) is 52.4 Å². The van der Waals surface area contributed by atoms with E-state index in [1.807, 2.05) is 13.8 Å². The van der Waals surface area contributed by atoms with Crippen molar-refractivity contribution >= 4 is 29.1 Å². The summed E-state index contributed by atoms with van der Waals surface area (Å²) in [6.45, 7) is 8.88. The van der Waals surface area contributed by atoms with Crippen LogP contribution in [0, 0.1) is 5.92 Å². The summed E-state index contributed by atoms with van der Waals surface area (Å²) >= 11 is 11.7. The van der Waals surface area contributed by atoms with Crippen LogP contribution in [0.2, 0.25) is 10.0 Å². The second-order valence-corrected chi connectivity index (χ2v) is 6.65. The van der Waals surface area contributed by atoms with E-state index in [0.717, 1.165) is 0 Å². The molecule has 0 radical (unpaired) electrons. The maximum atomic E-state index is 12.3. The van der Waals surface area contributed by atoms with Crippen molar-refractivity contribution in [1.29, 1.82) is 0 Å². The third-order valence-electron chi connectivity index (χ3n) is 3.89. The van der Waals surface area contributed by atoms with Crippen LogP contribution in [0.3, 0.4) is 0 Å². The van der Waals surface area contributed by atoms with Gasteiger partial charge in [0, 0.05) is 6.20 Å². The molecule has 0 aromatic carbocycles. The van der Waals surface area contributed by atoms with Gasteiger partial charge in [-0.15, -0.1) is 0 Å². The number of pyridine rings is 1. The molecule has 3 unspecified atom stereocenters. The van der Waals surface area contributed by atoms with E-state index in [9.17, 15) is 9.90 Å². The fourth-order valence-electron chi connectivity index (χ4n) is 1.81. The molecular weight excluding hydrogens is 327 g/mol. The number of carbonyl (C=O) groups excluding carboxylic acids is 1. The Morgan fingerprint density at radius 2 is 1.95 bits per heavy atom. The number of hydrogen-bond acceptors (Lipinski definition) is 4. The summed E-state index contributed by atoms with van der Waals surface area (Å²) in [5.41, 5.74) is -0.758. The molecular formula is C15H22Cl2N2O3. The Kier molecular flexibility index (Phi) is 6.47. The molecule has 22 heavy (non-hydrogen) atoms. The second-order valence-electron chi connectivity index (χ2n) is 5.80. The lowest BCUT2D eigenvalue weighted by atomic mass is 9.83. The van der Waals surface area contributed by atoms with E-state index >= 15 is 0 Å². The average Bonchev–Trinajstić information content (AvgIpc) is 2.41. The molecule has 0 aliphatic heterocycles. The van der Waals surface area contributed by atoms with E-state index < -0.39 is 17.7 Å². The van der Waals surface area contributed by atoms with Crippen LogP contribution in [0.15, 0.2) is 12.3 Å². The van der Waals surface area contributed by atoms with E-state index in [-0.39, 0.29) is 22.7 Å². The molecule has 2 N–H and O–H groups in total. The van der Waals surface area contributed by atoms with Crippen molar-refractivity contribution in [1.82, 2.24) is 10.3 Å². The summed E-state index contributed by atoms with van der Waals surface area (Å²) in [6, 6.07) is 1.49. The minimum Gasteiger partial charge on any atom is -0.463 e. The SMILES string of the molecule is CC(Oc1ncc(Cl)cc1Cl)C(=O)NC(C)(C(C)C)C(C)O. The molecule has 1 rings (SSSR count). The minimum atomic E-state index is -0.817. The van der Waals surface area contributed by atoms with E-state index in [0.29, 0.717) is 5.02 Å². The van der Waals surface area contributed by atoms with Gasteiger partial charge in [0.05, 0.1) is 16.7 Å². The Morgan fingerprint density at radius 3 is 2.41 bits per heavy atom. The maximum Gasteiger partial charge on any atom is 0.261 e. The van der Waals surface area contributed by atoms with Crippen LogP contribution in [-0.2, 0) is 4.79 Å². The van der Waals surface area contributed by atoms with Gasteiger partial charge in [-0.1, -0.05) is 37.0 Å². The first kappa shape index (κ1) is 19.0. The Bertz CT molecular complexity index is 528. The van der Waals surface area contributed by atoms with Crippen LogP contribution in [-0.4, -0.2) is 33.7 Å². The molecule has 1 aromatic rings. The minimum absolute atomic E-state index is 0.0425. The zero-order valence-electron chi connectivity index (χ0n) is 13.4. The molecule has 0 bridgehead atoms. The van der Waals surface area contributed by atoms with E-state index in [1.165, 1.54) is 12.3 Å². The van der Waals surface area contributed by atoms with Gasteiger partial charge in [0.2, 0.25) is 5.88 Å². The number of rotatable bonds is 6. The molecule has 124 valence electrons. The van der Waals surface area contributed by atoms with Crippen LogP contribution >= 0.6 is 23.2 Å². The van der Waals surface area contributed by atoms with Crippen molar-refractivity contribution in [2.75, 3.05) is 0 Å². The first-order chi connectivity index (χ1) is 10.1. The van der Waals surface area contributed by atoms with E-state index in [2.05, 4.69) is 10.3 Å². The number of ether oxygens (including phenoxy) is 1. The van der Waals surface area contributed by atoms with Gasteiger partial charge in [-0.05, 0) is 32.8 Å². The van der Waals surface area contributed by atoms with Crippen molar-refractivity contribution < 1.29 is 14.6 Å². The van der Waals surface area contributed by atoms with Crippen molar-refractivity contribution in [3.63, 3.8) is 0 Å². The summed E-state index contributed by atoms with van der Waals surface area (Å²) < 4.78 is 5.47. The summed E-state index contributed by atoms with van der Waals surface area (Å²) in [5, 5.41) is 13.4. The number of aromatic nitrogens is 1. The zero-order chi connectivity index (χ0) is 17.1. The fourth-order valence-corrected chi connectivity index (χ4v) is 2.23. The molecule has 0 aliphatic carbocycles. The molecule has 0 saturated heterocycles. The van der Waals surface area contributed by atoms with Crippen molar-refractivity contribution in [3.8, 4) is 5.88 Å². The van der Waals surface area contributed by atoms with Gasteiger partial charge in [0.1, 0.15) is 5.02 Å². The molecule has 7 heteroatoms. The summed E-state index contributed by atoms with van der Waals surface area (Å²) in [6.07, 6.45) is -0.134. The number of amides is 1. The first-order valence-electron chi connectivity index (χ1n) is 7.05. The predicted octanol–water partition coefficient (Wildman–Crippen LogP) is 3.07. The number of hydrogen-bond donors (Lipinski definition) is 2. The highest BCUT2D eigenvalue weighted by molar-refractivity contribution is 6.35. The normalized spacial score (nSPS) is 16.8. The number of halogens is 2. The number of nitrogens with one attached hydrogen (secondary N) is 1. The van der Waals surface area contributed by atoms with Gasteiger partial charge in [-0.25, -0.2) is 4.98 Å². The average molecular weight is 349 g/mol. The Hall–Kier alpha value is -1.04. The van der Waals surface area contributed by atoms with Crippen molar-refractivity contribution in [2.24, 2.45) is 5.92 Å². The summed E-state index contributed by atoms with van der Waals surface area (Å²) in [5.74, 6) is -0.178. The zero-order valence-corrected chi connectivity index (χ0v) is 14.9. The molecule has 0 fully saturated rings. The Balaban J connectivity index is 2.80. The Labute approximate surface area is 141 Å². The summed E-state index contributed by atoms with van der Waals surface area (Å²) in [7, 11) is 0. The molecule has 0 spiro atoms. The lowest BCUT2D eigenvalue weighted by Crippen LogP contribution is -2.59. The third kappa shape index (κ3) is 4.48. The molecule has 0 saturated carbocycles. The van der Waals surface area contributed by atoms with Gasteiger partial charge in [-0.3, -0.25) is 4.79 Å². The van der Waals surface area contributed by atoms with Crippen LogP contribution in [0.4, 0.5) is 0 Å². The van der Waals surface area contributed by atoms with Crippen LogP contribution in [0.1, 0.15) is 34.6 Å². The molecule has 0 aliphatic rings. The lowest BCUT2D eigenvalue weighted by Gasteiger charge is -2.38. The maximum absolute atomic E-state index is 12.3. The molecule has 5 nitrogen and oxygen atoms in total. The van der Waals surface area contributed by atoms with Crippen LogP contribution in [0.5, 0.6) is 5.88 Å². The van der Waals surface area contributed by atoms with Gasteiger partial charge in [0.15, 0.2) is 6.10 Å². The molecule has 1 amide bonds. The van der Waals surface area contributed by atoms with E-state index in [4.69, 9.17) is 27.9 Å². The van der Waals surface area contributed by atoms with Crippen LogP contribution < -0.4 is 10.1 Å². The van der Waals surface area contributed by atoms with E-state index in [1.54, 1.807) is 20.8 Å². The smallest absolute Gasteiger partial charge is 0.261 e. The molecule has 3 atom stereocenters. The molecule has 1 aromatic heterocycles. The molecule has 1 heterocycles. The van der Waals surface area contributed by atoms with Gasteiger partial charge >= 0.3 is 0 Å². The van der Waals surface area contributed by atoms with Gasteiger partial charge < -0.3 is 15.2 Å². The number of nitrogens with zero attached hydrogens (tertiary/aromatic N) is 1. The van der Waals surface area contributed by atoms with Gasteiger partial charge in [0.25, 0.3) is 5.91 Å². The largest absolute Gasteiger partial charge is 0.463 e. The highest BCUT2D eigenvalue weighted by Gasteiger charge is 2.36. The number of carbonyl (C=O) groups is 1. The lowest BCUT2D eigenvalue weighted by molar-refractivity contribution is -0.131. The quantitative estimate of drug-likeness (QED) is 0.828.